The van der Waals surface area contributed by atoms with E-state index in [0.717, 1.165) is 32.3 Å². The normalized spacial score (nSPS) is 29.3. The second-order valence-electron chi connectivity index (χ2n) is 4.00. The third-order valence-electron chi connectivity index (χ3n) is 3.11. The summed E-state index contributed by atoms with van der Waals surface area (Å²) in [5.74, 6) is 0. The van der Waals surface area contributed by atoms with E-state index in [1.807, 2.05) is 0 Å². The molecule has 0 amide bonds. The maximum atomic E-state index is 5.36. The zero-order valence-corrected chi connectivity index (χ0v) is 8.24. The summed E-state index contributed by atoms with van der Waals surface area (Å²) in [7, 11) is 3.96. The fourth-order valence-electron chi connectivity index (χ4n) is 2.18. The largest absolute Gasteiger partial charge is 0.457 e. The lowest BCUT2D eigenvalue weighted by Crippen LogP contribution is -2.49. The van der Waals surface area contributed by atoms with Crippen molar-refractivity contribution in [2.45, 2.75) is 18.9 Å². The lowest BCUT2D eigenvalue weighted by Gasteiger charge is -2.42. The molecule has 0 aromatic heterocycles. The summed E-state index contributed by atoms with van der Waals surface area (Å²) in [4.78, 5) is 4.76. The highest BCUT2D eigenvalue weighted by Crippen LogP contribution is 2.15. The van der Waals surface area contributed by atoms with E-state index in [4.69, 9.17) is 4.74 Å². The van der Waals surface area contributed by atoms with Gasteiger partial charge in [-0.1, -0.05) is 0 Å². The molecule has 2 aliphatic heterocycles. The first kappa shape index (κ1) is 9.44. The van der Waals surface area contributed by atoms with Crippen molar-refractivity contribution in [3.63, 3.8) is 0 Å². The summed E-state index contributed by atoms with van der Waals surface area (Å²) in [6.07, 6.45) is 2.44. The van der Waals surface area contributed by atoms with E-state index in [1.54, 1.807) is 0 Å². The number of hydrogen-bond donors (Lipinski definition) is 0. The van der Waals surface area contributed by atoms with Crippen LogP contribution < -0.4 is 0 Å². The second-order valence-corrected chi connectivity index (χ2v) is 4.00. The van der Waals surface area contributed by atoms with E-state index in [2.05, 4.69) is 16.8 Å². The molecule has 0 N–H and O–H groups in total. The van der Waals surface area contributed by atoms with E-state index in [-0.39, 0.29) is 0 Å². The van der Waals surface area contributed by atoms with Gasteiger partial charge in [-0.15, -0.1) is 0 Å². The molecule has 0 bridgehead atoms. The van der Waals surface area contributed by atoms with Gasteiger partial charge < -0.3 is 9.64 Å². The summed E-state index contributed by atoms with van der Waals surface area (Å²) < 4.78 is 5.36. The van der Waals surface area contributed by atoms with E-state index < -0.39 is 0 Å². The van der Waals surface area contributed by atoms with Crippen LogP contribution in [0, 0.1) is 7.05 Å². The Morgan fingerprint density at radius 1 is 1.00 bits per heavy atom. The van der Waals surface area contributed by atoms with Gasteiger partial charge in [-0.2, -0.15) is 0 Å². The van der Waals surface area contributed by atoms with Crippen LogP contribution in [0.2, 0.25) is 0 Å². The van der Waals surface area contributed by atoms with Gasteiger partial charge in [-0.05, 0) is 25.9 Å². The minimum absolute atomic E-state index is 0.780. The van der Waals surface area contributed by atoms with Gasteiger partial charge in [0.15, 0.2) is 0 Å². The zero-order valence-electron chi connectivity index (χ0n) is 8.24. The van der Waals surface area contributed by atoms with Crippen LogP contribution in [0.25, 0.3) is 0 Å². The van der Waals surface area contributed by atoms with Gasteiger partial charge in [0, 0.05) is 32.3 Å². The van der Waals surface area contributed by atoms with Crippen molar-refractivity contribution in [3.05, 3.63) is 7.05 Å². The number of hydrogen-bond acceptors (Lipinski definition) is 3. The molecule has 2 saturated heterocycles. The van der Waals surface area contributed by atoms with Crippen LogP contribution in [0.4, 0.5) is 0 Å². The van der Waals surface area contributed by atoms with Crippen molar-refractivity contribution in [1.29, 1.82) is 0 Å². The molecule has 3 heteroatoms. The molecule has 2 aliphatic rings. The summed E-state index contributed by atoms with van der Waals surface area (Å²) in [5, 5.41) is 0. The van der Waals surface area contributed by atoms with Crippen molar-refractivity contribution < 1.29 is 4.74 Å². The van der Waals surface area contributed by atoms with Gasteiger partial charge >= 0.3 is 0 Å². The monoisotopic (exact) mass is 183 g/mol. The molecule has 0 aromatic rings. The Morgan fingerprint density at radius 2 is 1.62 bits per heavy atom. The van der Waals surface area contributed by atoms with E-state index in [9.17, 15) is 0 Å². The SMILES string of the molecule is [CH2-]N1CCN(C2CCOCC2)CC1. The van der Waals surface area contributed by atoms with Gasteiger partial charge in [0.1, 0.15) is 0 Å². The predicted molar refractivity (Wildman–Crippen MR) is 52.3 cm³/mol. The fraction of sp³-hybridized carbons (Fsp3) is 0.900. The van der Waals surface area contributed by atoms with E-state index in [1.165, 1.54) is 25.9 Å². The van der Waals surface area contributed by atoms with Crippen LogP contribution in [-0.2, 0) is 4.74 Å². The topological polar surface area (TPSA) is 15.7 Å². The average Bonchev–Trinajstić information content (AvgIpc) is 2.20. The molecule has 0 aliphatic carbocycles. The molecule has 0 unspecified atom stereocenters. The first-order valence-electron chi connectivity index (χ1n) is 5.23. The zero-order chi connectivity index (χ0) is 9.10. The third-order valence-corrected chi connectivity index (χ3v) is 3.11. The number of ether oxygens (including phenoxy) is 1. The smallest absolute Gasteiger partial charge is 0.0480 e. The van der Waals surface area contributed by atoms with Crippen LogP contribution in [0.1, 0.15) is 12.8 Å². The fourth-order valence-corrected chi connectivity index (χ4v) is 2.18. The van der Waals surface area contributed by atoms with Crippen LogP contribution in [0.3, 0.4) is 0 Å². The molecule has 0 radical (unpaired) electrons. The van der Waals surface area contributed by atoms with Crippen LogP contribution in [-0.4, -0.2) is 55.2 Å². The Hall–Kier alpha value is -0.120. The predicted octanol–water partition coefficient (Wildman–Crippen LogP) is 0.575. The Balaban J connectivity index is 1.79. The standard InChI is InChI=1S/C10H19N2O/c1-11-4-6-12(7-5-11)10-2-8-13-9-3-10/h10H,1-9H2/q-1. The number of rotatable bonds is 1. The minimum atomic E-state index is 0.780. The minimum Gasteiger partial charge on any atom is -0.457 e. The first-order chi connectivity index (χ1) is 6.36. The van der Waals surface area contributed by atoms with Gasteiger partial charge in [-0.3, -0.25) is 11.9 Å². The maximum absolute atomic E-state index is 5.36. The van der Waals surface area contributed by atoms with Crippen molar-refractivity contribution in [2.75, 3.05) is 39.4 Å². The Bertz CT molecular complexity index is 149. The summed E-state index contributed by atoms with van der Waals surface area (Å²) >= 11 is 0. The van der Waals surface area contributed by atoms with Gasteiger partial charge in [0.2, 0.25) is 0 Å². The molecule has 0 spiro atoms. The average molecular weight is 183 g/mol. The third kappa shape index (κ3) is 2.42. The highest BCUT2D eigenvalue weighted by atomic mass is 16.5. The summed E-state index contributed by atoms with van der Waals surface area (Å²) in [6.45, 7) is 6.53. The Kier molecular flexibility index (Phi) is 3.19. The second kappa shape index (κ2) is 4.40. The molecule has 2 heterocycles. The molecule has 3 nitrogen and oxygen atoms in total. The lowest BCUT2D eigenvalue weighted by atomic mass is 10.1. The number of nitrogens with zero attached hydrogens (tertiary/aromatic N) is 2. The van der Waals surface area contributed by atoms with Gasteiger partial charge in [0.25, 0.3) is 0 Å². The molecule has 13 heavy (non-hydrogen) atoms. The summed E-state index contributed by atoms with van der Waals surface area (Å²) in [5.41, 5.74) is 0. The van der Waals surface area contributed by atoms with Crippen LogP contribution in [0.15, 0.2) is 0 Å². The molecular weight excluding hydrogens is 164 g/mol. The van der Waals surface area contributed by atoms with E-state index >= 15 is 0 Å². The van der Waals surface area contributed by atoms with Gasteiger partial charge in [0.05, 0.1) is 0 Å². The Labute approximate surface area is 80.6 Å². The van der Waals surface area contributed by atoms with Crippen LogP contribution >= 0.6 is 0 Å². The summed E-state index contributed by atoms with van der Waals surface area (Å²) in [6, 6.07) is 0.780. The van der Waals surface area contributed by atoms with Crippen molar-refractivity contribution in [3.8, 4) is 0 Å². The molecule has 2 fully saturated rings. The van der Waals surface area contributed by atoms with Crippen LogP contribution in [0.5, 0.6) is 0 Å². The lowest BCUT2D eigenvalue weighted by molar-refractivity contribution is 0.0194. The van der Waals surface area contributed by atoms with Crippen molar-refractivity contribution in [2.24, 2.45) is 0 Å². The highest BCUT2D eigenvalue weighted by Gasteiger charge is 2.22. The molecule has 0 aromatic carbocycles. The molecule has 76 valence electrons. The highest BCUT2D eigenvalue weighted by molar-refractivity contribution is 4.79. The van der Waals surface area contributed by atoms with Crippen molar-refractivity contribution in [1.82, 2.24) is 9.80 Å². The number of piperazine rings is 1. The van der Waals surface area contributed by atoms with Gasteiger partial charge in [-0.25, -0.2) is 0 Å². The van der Waals surface area contributed by atoms with E-state index in [0.29, 0.717) is 0 Å². The quantitative estimate of drug-likeness (QED) is 0.553. The Morgan fingerprint density at radius 3 is 2.23 bits per heavy atom. The molecule has 2 rings (SSSR count). The molecule has 0 atom stereocenters. The molecule has 0 saturated carbocycles. The maximum Gasteiger partial charge on any atom is 0.0480 e. The van der Waals surface area contributed by atoms with Crippen molar-refractivity contribution >= 4 is 0 Å². The molecular formula is C10H19N2O-. The first-order valence-corrected chi connectivity index (χ1v) is 5.23.